The Bertz CT molecular complexity index is 2090. The van der Waals surface area contributed by atoms with Gasteiger partial charge in [0, 0.05) is 31.3 Å². The van der Waals surface area contributed by atoms with Crippen LogP contribution in [0.1, 0.15) is 90.3 Å². The van der Waals surface area contributed by atoms with Crippen LogP contribution in [0, 0.1) is 11.8 Å². The number of aromatic hydroxyl groups is 1. The summed E-state index contributed by atoms with van der Waals surface area (Å²) in [7, 11) is 0. The maximum absolute atomic E-state index is 14.1. The topological polar surface area (TPSA) is 434 Å². The molecule has 1 heterocycles. The number of carboxylic acids is 2. The third kappa shape index (κ3) is 22.7. The summed E-state index contributed by atoms with van der Waals surface area (Å²) in [4.78, 5) is 138. The summed E-state index contributed by atoms with van der Waals surface area (Å²) in [5.41, 5.74) is 17.6. The smallest absolute Gasteiger partial charge is 0.326 e. The van der Waals surface area contributed by atoms with Crippen molar-refractivity contribution in [2.24, 2.45) is 29.0 Å². The quantitative estimate of drug-likeness (QED) is 0.0328. The van der Waals surface area contributed by atoms with Crippen molar-refractivity contribution in [3.63, 3.8) is 0 Å². The molecule has 394 valence electrons. The second-order valence-electron chi connectivity index (χ2n) is 17.5. The van der Waals surface area contributed by atoms with E-state index in [-0.39, 0.29) is 69.2 Å². The van der Waals surface area contributed by atoms with Gasteiger partial charge in [-0.25, -0.2) is 14.6 Å². The van der Waals surface area contributed by atoms with Crippen molar-refractivity contribution >= 4 is 59.3 Å². The molecule has 0 aliphatic rings. The third-order valence-electron chi connectivity index (χ3n) is 11.1. The molecule has 0 saturated carbocycles. The van der Waals surface area contributed by atoms with E-state index in [9.17, 15) is 63.3 Å². The number of carboxylic acid groups (broad SMARTS) is 2. The van der Waals surface area contributed by atoms with Crippen molar-refractivity contribution in [1.82, 2.24) is 52.5 Å². The number of phenols is 1. The van der Waals surface area contributed by atoms with E-state index in [1.807, 2.05) is 20.8 Å². The van der Waals surface area contributed by atoms with Crippen molar-refractivity contribution in [1.29, 1.82) is 0 Å². The van der Waals surface area contributed by atoms with Crippen LogP contribution in [0.25, 0.3) is 0 Å². The number of H-pyrrole nitrogens is 1. The summed E-state index contributed by atoms with van der Waals surface area (Å²) >= 11 is 0. The zero-order chi connectivity index (χ0) is 53.2. The zero-order valence-corrected chi connectivity index (χ0v) is 40.5. The molecule has 2 aromatic rings. The number of aromatic amines is 1. The van der Waals surface area contributed by atoms with Crippen molar-refractivity contribution in [3.8, 4) is 5.75 Å². The van der Waals surface area contributed by atoms with Gasteiger partial charge >= 0.3 is 18.0 Å². The minimum Gasteiger partial charge on any atom is -0.508 e. The number of urea groups is 1. The molecule has 1 aromatic heterocycles. The fourth-order valence-corrected chi connectivity index (χ4v) is 6.93. The summed E-state index contributed by atoms with van der Waals surface area (Å²) in [5, 5.41) is 49.0. The normalized spacial score (nSPS) is 14.4. The van der Waals surface area contributed by atoms with Crippen molar-refractivity contribution in [2.45, 2.75) is 134 Å². The van der Waals surface area contributed by atoms with Crippen LogP contribution < -0.4 is 59.7 Å². The Kier molecular flexibility index (Phi) is 26.1. The number of amides is 9. The Morgan fingerprint density at radius 2 is 1.24 bits per heavy atom. The number of carbonyl (C=O) groups excluding carboxylic acids is 8. The number of unbranched alkanes of at least 4 members (excludes halogenated alkanes) is 1. The highest BCUT2D eigenvalue weighted by Crippen LogP contribution is 2.14. The van der Waals surface area contributed by atoms with Crippen LogP contribution in [0.2, 0.25) is 0 Å². The predicted octanol–water partition coefficient (Wildman–Crippen LogP) is -2.52. The average molecular weight is 1000 g/mol. The summed E-state index contributed by atoms with van der Waals surface area (Å²) in [6.07, 6.45) is 2.50. The SMILES string of the molecule is CCC(C)C(N)C(=O)NC(CC(C)C)C(=O)NCC(=O)NC(Cc1cnc[nH]1)C(=O)NC(CCCNC(N)=O)C(=O)NC(CC(=O)O)C(=O)NC(Cc1ccc(O)cc1)C(=O)NC(CCCCN)C(=O)O. The van der Waals surface area contributed by atoms with Crippen LogP contribution in [0.4, 0.5) is 4.79 Å². The Balaban J connectivity index is 2.40. The number of rotatable bonds is 33. The van der Waals surface area contributed by atoms with E-state index in [0.29, 0.717) is 30.5 Å². The average Bonchev–Trinajstić information content (AvgIpc) is 3.83. The highest BCUT2D eigenvalue weighted by Gasteiger charge is 2.34. The lowest BCUT2D eigenvalue weighted by molar-refractivity contribution is -0.143. The molecule has 2 rings (SSSR count). The van der Waals surface area contributed by atoms with Crippen molar-refractivity contribution in [3.05, 3.63) is 48.0 Å². The molecule has 0 fully saturated rings. The lowest BCUT2D eigenvalue weighted by Crippen LogP contribution is -2.60. The molecule has 26 nitrogen and oxygen atoms in total. The summed E-state index contributed by atoms with van der Waals surface area (Å²) in [6.45, 7) is 6.85. The number of nitrogens with zero attached hydrogens (tertiary/aromatic N) is 1. The van der Waals surface area contributed by atoms with Gasteiger partial charge in [0.15, 0.2) is 0 Å². The van der Waals surface area contributed by atoms with Gasteiger partial charge in [-0.2, -0.15) is 0 Å². The van der Waals surface area contributed by atoms with E-state index < -0.39 is 115 Å². The molecule has 0 saturated heterocycles. The second-order valence-corrected chi connectivity index (χ2v) is 17.5. The zero-order valence-electron chi connectivity index (χ0n) is 40.5. The first kappa shape index (κ1) is 59.8. The molecule has 0 radical (unpaired) electrons. The first-order valence-electron chi connectivity index (χ1n) is 23.3. The number of hydrogen-bond acceptors (Lipinski definition) is 14. The van der Waals surface area contributed by atoms with Gasteiger partial charge in [0.25, 0.3) is 0 Å². The standard InChI is InChI=1S/C45H71N13O13/c1-5-25(4)37(47)43(68)58-31(17-24(2)3)38(63)51-22-35(60)53-33(19-27-21-49-23-52-27)41(66)54-29(10-8-16-50-45(48)71)39(64)57-34(20-36(61)62)42(67)56-32(18-26-11-13-28(59)14-12-26)40(65)55-30(44(69)70)9-6-7-15-46/h11-14,21,23-25,29-34,37,59H,5-10,15-20,22,46-47H2,1-4H3,(H,49,52)(H,51,63)(H,53,60)(H,54,66)(H,55,65)(H,56,67)(H,57,64)(H,58,68)(H,61,62)(H,69,70)(H3,48,50,71). The molecule has 8 unspecified atom stereocenters. The summed E-state index contributed by atoms with van der Waals surface area (Å²) in [5.74, 6) is -9.58. The van der Waals surface area contributed by atoms with Gasteiger partial charge in [-0.15, -0.1) is 0 Å². The minimum atomic E-state index is -1.91. The van der Waals surface area contributed by atoms with E-state index >= 15 is 0 Å². The van der Waals surface area contributed by atoms with Gasteiger partial charge in [0.05, 0.1) is 25.3 Å². The van der Waals surface area contributed by atoms with Crippen molar-refractivity contribution < 1.29 is 63.3 Å². The molecule has 26 heteroatoms. The molecule has 0 aliphatic heterocycles. The first-order valence-corrected chi connectivity index (χ1v) is 23.3. The Labute approximate surface area is 410 Å². The molecule has 0 aliphatic carbocycles. The Morgan fingerprint density at radius 3 is 1.80 bits per heavy atom. The number of benzene rings is 1. The monoisotopic (exact) mass is 1000 g/mol. The van der Waals surface area contributed by atoms with Crippen molar-refractivity contribution in [2.75, 3.05) is 19.6 Å². The molecule has 0 bridgehead atoms. The van der Waals surface area contributed by atoms with Gasteiger partial charge in [-0.05, 0) is 74.6 Å². The van der Waals surface area contributed by atoms with Crippen LogP contribution in [-0.4, -0.2) is 147 Å². The molecule has 1 aromatic carbocycles. The highest BCUT2D eigenvalue weighted by molar-refractivity contribution is 5.98. The molecular weight excluding hydrogens is 931 g/mol. The van der Waals surface area contributed by atoms with Crippen LogP contribution in [0.15, 0.2) is 36.8 Å². The van der Waals surface area contributed by atoms with E-state index in [1.54, 1.807) is 6.92 Å². The predicted molar refractivity (Wildman–Crippen MR) is 255 cm³/mol. The molecule has 8 atom stereocenters. The number of hydrogen-bond donors (Lipinski definition) is 15. The fourth-order valence-electron chi connectivity index (χ4n) is 6.93. The molecule has 0 spiro atoms. The van der Waals surface area contributed by atoms with E-state index in [1.165, 1.54) is 36.8 Å². The Hall–Kier alpha value is -7.35. The lowest BCUT2D eigenvalue weighted by Gasteiger charge is -2.27. The lowest BCUT2D eigenvalue weighted by atomic mass is 9.97. The maximum atomic E-state index is 14.1. The van der Waals surface area contributed by atoms with Gasteiger partial charge in [0.1, 0.15) is 42.0 Å². The van der Waals surface area contributed by atoms with Gasteiger partial charge in [-0.1, -0.05) is 46.2 Å². The number of phenolic OH excluding ortho intramolecular Hbond substituents is 1. The number of primary amides is 1. The van der Waals surface area contributed by atoms with Gasteiger partial charge in [-0.3, -0.25) is 38.4 Å². The fraction of sp³-hybridized carbons (Fsp3) is 0.578. The number of carbonyl (C=O) groups is 10. The molecular formula is C45H71N13O13. The summed E-state index contributed by atoms with van der Waals surface area (Å²) in [6, 6.07) is -5.23. The third-order valence-corrected chi connectivity index (χ3v) is 11.1. The largest absolute Gasteiger partial charge is 0.508 e. The van der Waals surface area contributed by atoms with Crippen LogP contribution >= 0.6 is 0 Å². The van der Waals surface area contributed by atoms with Gasteiger partial charge in [0.2, 0.25) is 41.4 Å². The minimum absolute atomic E-state index is 0.00463. The maximum Gasteiger partial charge on any atom is 0.326 e. The molecule has 9 amide bonds. The number of aliphatic carboxylic acids is 2. The summed E-state index contributed by atoms with van der Waals surface area (Å²) < 4.78 is 0. The molecule has 18 N–H and O–H groups in total. The number of nitrogens with one attached hydrogen (secondary N) is 9. The van der Waals surface area contributed by atoms with E-state index in [4.69, 9.17) is 17.2 Å². The Morgan fingerprint density at radius 1 is 0.676 bits per heavy atom. The van der Waals surface area contributed by atoms with Crippen LogP contribution in [-0.2, 0) is 56.0 Å². The van der Waals surface area contributed by atoms with E-state index in [2.05, 4.69) is 52.5 Å². The van der Waals surface area contributed by atoms with Crippen LogP contribution in [0.5, 0.6) is 5.75 Å². The highest BCUT2D eigenvalue weighted by atomic mass is 16.4. The van der Waals surface area contributed by atoms with E-state index in [0.717, 1.165) is 0 Å². The van der Waals surface area contributed by atoms with Gasteiger partial charge < -0.3 is 80.0 Å². The van der Waals surface area contributed by atoms with Crippen LogP contribution in [0.3, 0.4) is 0 Å². The number of nitrogens with two attached hydrogens (primary N) is 3. The first-order chi connectivity index (χ1) is 33.5. The molecule has 71 heavy (non-hydrogen) atoms. The number of aromatic nitrogens is 2. The second kappa shape index (κ2) is 31.0. The number of imidazole rings is 1.